The Morgan fingerprint density at radius 2 is 0.535 bits per heavy atom. The van der Waals surface area contributed by atoms with E-state index < -0.39 is 97.5 Å². The Morgan fingerprint density at radius 3 is 0.791 bits per heavy atom. The van der Waals surface area contributed by atoms with Gasteiger partial charge in [-0.1, -0.05) is 280 Å². The maximum atomic E-state index is 13.0. The summed E-state index contributed by atoms with van der Waals surface area (Å²) in [5.74, 6) is 0.0672. The topological polar surface area (TPSA) is 237 Å². The van der Waals surface area contributed by atoms with Gasteiger partial charge in [-0.2, -0.15) is 0 Å². The predicted octanol–water partition coefficient (Wildman–Crippen LogP) is 18.7. The van der Waals surface area contributed by atoms with Gasteiger partial charge in [0.2, 0.25) is 0 Å². The summed E-state index contributed by atoms with van der Waals surface area (Å²) >= 11 is 0. The normalized spacial score (nSPS) is 14.3. The zero-order chi connectivity index (χ0) is 63.8. The van der Waals surface area contributed by atoms with Crippen molar-refractivity contribution in [3.63, 3.8) is 0 Å². The number of unbranched alkanes of at least 4 members (excludes halogenated alkanes) is 33. The molecule has 0 aromatic rings. The molecule has 0 spiro atoms. The molecule has 0 saturated heterocycles. The van der Waals surface area contributed by atoms with Crippen molar-refractivity contribution in [2.75, 3.05) is 39.6 Å². The molecule has 0 fully saturated rings. The first kappa shape index (κ1) is 84.1. The van der Waals surface area contributed by atoms with E-state index in [2.05, 4.69) is 48.5 Å². The molecule has 3 N–H and O–H groups in total. The molecular weight excluding hydrogens is 1140 g/mol. The summed E-state index contributed by atoms with van der Waals surface area (Å²) in [5.41, 5.74) is 0. The molecule has 0 aliphatic heterocycles. The number of carbonyl (C=O) groups is 4. The van der Waals surface area contributed by atoms with Crippen molar-refractivity contribution in [1.29, 1.82) is 0 Å². The minimum Gasteiger partial charge on any atom is -0.462 e. The van der Waals surface area contributed by atoms with Crippen molar-refractivity contribution in [3.05, 3.63) is 0 Å². The van der Waals surface area contributed by atoms with Gasteiger partial charge in [0.15, 0.2) is 12.2 Å². The lowest BCUT2D eigenvalue weighted by atomic mass is 10.0. The third-order valence-electron chi connectivity index (χ3n) is 15.4. The largest absolute Gasteiger partial charge is 0.472 e. The van der Waals surface area contributed by atoms with Crippen LogP contribution in [0.5, 0.6) is 0 Å². The van der Waals surface area contributed by atoms with Gasteiger partial charge in [0.05, 0.1) is 26.4 Å². The van der Waals surface area contributed by atoms with Crippen LogP contribution < -0.4 is 0 Å². The molecular formula is C67H130O17P2. The maximum absolute atomic E-state index is 13.0. The first-order chi connectivity index (χ1) is 41.2. The Balaban J connectivity index is 5.18. The summed E-state index contributed by atoms with van der Waals surface area (Å²) in [6.07, 6.45) is 40.6. The van der Waals surface area contributed by atoms with E-state index >= 15 is 0 Å². The molecule has 510 valence electrons. The molecule has 0 aromatic carbocycles. The number of aliphatic hydroxyl groups is 1. The number of carbonyl (C=O) groups excluding carboxylic acids is 4. The van der Waals surface area contributed by atoms with Gasteiger partial charge in [-0.3, -0.25) is 37.3 Å². The second kappa shape index (κ2) is 58.2. The number of phosphoric acid groups is 2. The van der Waals surface area contributed by atoms with Crippen LogP contribution in [0.1, 0.15) is 331 Å². The molecule has 0 amide bonds. The highest BCUT2D eigenvalue weighted by Gasteiger charge is 2.30. The Morgan fingerprint density at radius 1 is 0.314 bits per heavy atom. The van der Waals surface area contributed by atoms with Gasteiger partial charge in [0.1, 0.15) is 19.3 Å². The number of rotatable bonds is 65. The zero-order valence-electron chi connectivity index (χ0n) is 55.8. The van der Waals surface area contributed by atoms with Crippen LogP contribution in [0.3, 0.4) is 0 Å². The van der Waals surface area contributed by atoms with Gasteiger partial charge in [-0.05, 0) is 43.4 Å². The third kappa shape index (κ3) is 60.9. The molecule has 0 aliphatic carbocycles. The third-order valence-corrected chi connectivity index (χ3v) is 17.3. The summed E-state index contributed by atoms with van der Waals surface area (Å²) in [6, 6.07) is 0. The van der Waals surface area contributed by atoms with Crippen LogP contribution in [0, 0.1) is 17.8 Å². The van der Waals surface area contributed by atoms with E-state index in [9.17, 15) is 43.2 Å². The molecule has 0 radical (unpaired) electrons. The second-order valence-electron chi connectivity index (χ2n) is 25.6. The quantitative estimate of drug-likeness (QED) is 0.0222. The molecule has 5 atom stereocenters. The summed E-state index contributed by atoms with van der Waals surface area (Å²) in [7, 11) is -9.89. The summed E-state index contributed by atoms with van der Waals surface area (Å²) in [4.78, 5) is 72.2. The van der Waals surface area contributed by atoms with Gasteiger partial charge in [-0.25, -0.2) is 9.13 Å². The molecule has 0 heterocycles. The molecule has 0 aromatic heterocycles. The molecule has 86 heavy (non-hydrogen) atoms. The fourth-order valence-electron chi connectivity index (χ4n) is 10.0. The number of hydrogen-bond acceptors (Lipinski definition) is 15. The minimum absolute atomic E-state index is 0.103. The van der Waals surface area contributed by atoms with Crippen LogP contribution in [-0.4, -0.2) is 96.7 Å². The molecule has 0 rings (SSSR count). The van der Waals surface area contributed by atoms with Crippen molar-refractivity contribution in [2.45, 2.75) is 349 Å². The van der Waals surface area contributed by atoms with E-state index in [0.717, 1.165) is 109 Å². The average molecular weight is 1270 g/mol. The Hall–Kier alpha value is -1.94. The second-order valence-corrected chi connectivity index (χ2v) is 28.5. The van der Waals surface area contributed by atoms with E-state index in [0.29, 0.717) is 37.5 Å². The lowest BCUT2D eigenvalue weighted by Gasteiger charge is -2.21. The lowest BCUT2D eigenvalue weighted by Crippen LogP contribution is -2.30. The Bertz CT molecular complexity index is 1700. The molecule has 19 heteroatoms. The van der Waals surface area contributed by atoms with Gasteiger partial charge in [-0.15, -0.1) is 0 Å². The maximum Gasteiger partial charge on any atom is 0.472 e. The average Bonchev–Trinajstić information content (AvgIpc) is 3.68. The molecule has 0 aliphatic rings. The minimum atomic E-state index is -4.95. The number of esters is 4. The smallest absolute Gasteiger partial charge is 0.462 e. The van der Waals surface area contributed by atoms with Crippen LogP contribution in [0.4, 0.5) is 0 Å². The highest BCUT2D eigenvalue weighted by Crippen LogP contribution is 2.45. The van der Waals surface area contributed by atoms with Gasteiger partial charge < -0.3 is 33.8 Å². The van der Waals surface area contributed by atoms with Crippen LogP contribution in [0.25, 0.3) is 0 Å². The standard InChI is InChI=1S/C67H130O17P2/c1-8-9-10-11-12-27-34-41-48-64(69)77-54-63(84-67(72)51-44-37-30-23-26-33-40-47-60(6)7)57-82-86(75,76)80-53-61(68)52-79-85(73,74)81-56-62(55-78-65(70)49-42-35-29-22-25-32-39-46-59(4)5)83-66(71)50-43-36-28-21-19-17-15-13-14-16-18-20-24-31-38-45-58(2)3/h58-63,68H,8-57H2,1-7H3,(H,73,74)(H,75,76)/t61-,62-,63-/m1/s1. The van der Waals surface area contributed by atoms with Crippen molar-refractivity contribution < 1.29 is 80.2 Å². The molecule has 0 saturated carbocycles. The van der Waals surface area contributed by atoms with E-state index in [4.69, 9.17) is 37.0 Å². The molecule has 0 bridgehead atoms. The van der Waals surface area contributed by atoms with E-state index in [1.165, 1.54) is 128 Å². The van der Waals surface area contributed by atoms with Crippen molar-refractivity contribution in [3.8, 4) is 0 Å². The first-order valence-corrected chi connectivity index (χ1v) is 37.8. The highest BCUT2D eigenvalue weighted by molar-refractivity contribution is 7.47. The Kier molecular flexibility index (Phi) is 56.9. The molecule has 2 unspecified atom stereocenters. The van der Waals surface area contributed by atoms with Gasteiger partial charge >= 0.3 is 39.5 Å². The van der Waals surface area contributed by atoms with Gasteiger partial charge in [0, 0.05) is 25.7 Å². The zero-order valence-corrected chi connectivity index (χ0v) is 57.6. The number of ether oxygens (including phenoxy) is 4. The van der Waals surface area contributed by atoms with E-state index in [-0.39, 0.29) is 25.7 Å². The summed E-state index contributed by atoms with van der Waals surface area (Å²) in [6.45, 7) is 11.7. The monoisotopic (exact) mass is 1270 g/mol. The van der Waals surface area contributed by atoms with Gasteiger partial charge in [0.25, 0.3) is 0 Å². The predicted molar refractivity (Wildman–Crippen MR) is 344 cm³/mol. The van der Waals surface area contributed by atoms with Crippen LogP contribution in [0.15, 0.2) is 0 Å². The first-order valence-electron chi connectivity index (χ1n) is 34.8. The SMILES string of the molecule is CCCCCCCCCCC(=O)OC[C@H](COP(=O)(O)OC[C@H](O)COP(=O)(O)OC[C@@H](COC(=O)CCCCCCCCCC(C)C)OC(=O)CCCCCCCCCCCCCCCCCC(C)C)OC(=O)CCCCCCCCCC(C)C. The van der Waals surface area contributed by atoms with E-state index in [1.54, 1.807) is 0 Å². The summed E-state index contributed by atoms with van der Waals surface area (Å²) in [5, 5.41) is 10.5. The van der Waals surface area contributed by atoms with Crippen molar-refractivity contribution in [1.82, 2.24) is 0 Å². The summed E-state index contributed by atoms with van der Waals surface area (Å²) < 4.78 is 68.0. The van der Waals surface area contributed by atoms with Crippen LogP contribution >= 0.6 is 15.6 Å². The number of hydrogen-bond donors (Lipinski definition) is 3. The molecule has 17 nitrogen and oxygen atoms in total. The Labute approximate surface area is 524 Å². The van der Waals surface area contributed by atoms with Crippen LogP contribution in [-0.2, 0) is 65.4 Å². The number of aliphatic hydroxyl groups excluding tert-OH is 1. The van der Waals surface area contributed by atoms with E-state index in [1.807, 2.05) is 0 Å². The number of phosphoric ester groups is 2. The van der Waals surface area contributed by atoms with Crippen molar-refractivity contribution >= 4 is 39.5 Å². The van der Waals surface area contributed by atoms with Crippen molar-refractivity contribution in [2.24, 2.45) is 17.8 Å². The van der Waals surface area contributed by atoms with Crippen LogP contribution in [0.2, 0.25) is 0 Å². The highest BCUT2D eigenvalue weighted by atomic mass is 31.2. The lowest BCUT2D eigenvalue weighted by molar-refractivity contribution is -0.161. The fourth-order valence-corrected chi connectivity index (χ4v) is 11.6. The fraction of sp³-hybridized carbons (Fsp3) is 0.940.